The molecule has 10 heteroatoms. The zero-order valence-electron chi connectivity index (χ0n) is 20.9. The number of rotatable bonds is 12. The van der Waals surface area contributed by atoms with E-state index in [4.69, 9.17) is 11.6 Å². The van der Waals surface area contributed by atoms with Crippen molar-refractivity contribution in [2.45, 2.75) is 52.2 Å². The van der Waals surface area contributed by atoms with Gasteiger partial charge in [-0.25, -0.2) is 4.31 Å². The predicted octanol–water partition coefficient (Wildman–Crippen LogP) is 3.67. The Morgan fingerprint density at radius 2 is 1.57 bits per heavy atom. The van der Waals surface area contributed by atoms with Gasteiger partial charge in [0.1, 0.15) is 12.6 Å². The summed E-state index contributed by atoms with van der Waals surface area (Å²) in [6.45, 7) is 5.27. The highest BCUT2D eigenvalue weighted by Crippen LogP contribution is 2.23. The van der Waals surface area contributed by atoms with Gasteiger partial charge in [0.25, 0.3) is 0 Å². The minimum Gasteiger partial charge on any atom is -0.352 e. The summed E-state index contributed by atoms with van der Waals surface area (Å²) in [5, 5.41) is 3.41. The van der Waals surface area contributed by atoms with E-state index in [0.29, 0.717) is 22.7 Å². The second kappa shape index (κ2) is 12.9. The highest BCUT2D eigenvalue weighted by molar-refractivity contribution is 7.90. The van der Waals surface area contributed by atoms with Gasteiger partial charge in [-0.1, -0.05) is 61.8 Å². The molecule has 35 heavy (non-hydrogen) atoms. The third kappa shape index (κ3) is 7.43. The smallest absolute Gasteiger partial charge is 0.304 e. The number of halogens is 1. The van der Waals surface area contributed by atoms with E-state index >= 15 is 0 Å². The maximum absolute atomic E-state index is 13.8. The molecule has 1 N–H and O–H groups in total. The van der Waals surface area contributed by atoms with E-state index in [1.807, 2.05) is 20.8 Å². The Morgan fingerprint density at radius 3 is 2.11 bits per heavy atom. The van der Waals surface area contributed by atoms with Crippen LogP contribution in [0.25, 0.3) is 0 Å². The first-order chi connectivity index (χ1) is 16.5. The normalized spacial score (nSPS) is 13.2. The minimum atomic E-state index is -3.98. The molecule has 0 radical (unpaired) electrons. The Bertz CT molecular complexity index is 1100. The van der Waals surface area contributed by atoms with Crippen LogP contribution in [0.1, 0.15) is 39.2 Å². The molecular weight excluding hydrogens is 488 g/mol. The lowest BCUT2D eigenvalue weighted by Crippen LogP contribution is -2.54. The average Bonchev–Trinajstić information content (AvgIpc) is 2.83. The molecule has 2 aromatic carbocycles. The molecule has 2 amide bonds. The van der Waals surface area contributed by atoms with Gasteiger partial charge in [-0.2, -0.15) is 12.7 Å². The number of para-hydroxylation sites is 1. The first-order valence-electron chi connectivity index (χ1n) is 11.6. The van der Waals surface area contributed by atoms with Gasteiger partial charge in [0.2, 0.25) is 11.8 Å². The van der Waals surface area contributed by atoms with Crippen molar-refractivity contribution in [1.29, 1.82) is 0 Å². The van der Waals surface area contributed by atoms with Gasteiger partial charge in [0, 0.05) is 31.7 Å². The van der Waals surface area contributed by atoms with Crippen molar-refractivity contribution >= 4 is 39.3 Å². The standard InChI is InChI=1S/C25H35ClN4O4S/c1-6-19(3)27-25(32)23(7-2)29(17-20-13-11-12-16-22(20)26)24(31)18-30(35(33,34)28(4)5)21-14-9-8-10-15-21/h8-16,19,23H,6-7,17-18H2,1-5H3,(H,27,32)/t19-,23+/m0/s1. The molecule has 2 atom stereocenters. The second-order valence-electron chi connectivity index (χ2n) is 8.49. The summed E-state index contributed by atoms with van der Waals surface area (Å²) >= 11 is 6.37. The molecule has 192 valence electrons. The van der Waals surface area contributed by atoms with E-state index in [1.165, 1.54) is 19.0 Å². The summed E-state index contributed by atoms with van der Waals surface area (Å²) in [6, 6.07) is 14.6. The number of benzene rings is 2. The molecule has 0 spiro atoms. The van der Waals surface area contributed by atoms with Crippen molar-refractivity contribution in [1.82, 2.24) is 14.5 Å². The number of carbonyl (C=O) groups excluding carboxylic acids is 2. The molecule has 2 rings (SSSR count). The molecule has 0 heterocycles. The largest absolute Gasteiger partial charge is 0.352 e. The van der Waals surface area contributed by atoms with Gasteiger partial charge in [0.15, 0.2) is 0 Å². The van der Waals surface area contributed by atoms with Crippen molar-refractivity contribution in [2.75, 3.05) is 24.9 Å². The Balaban J connectivity index is 2.49. The maximum atomic E-state index is 13.8. The first-order valence-corrected chi connectivity index (χ1v) is 13.4. The average molecular weight is 523 g/mol. The van der Waals surface area contributed by atoms with Gasteiger partial charge in [-0.3, -0.25) is 9.59 Å². The molecule has 8 nitrogen and oxygen atoms in total. The number of hydrogen-bond donors (Lipinski definition) is 1. The van der Waals surface area contributed by atoms with Crippen LogP contribution in [0.3, 0.4) is 0 Å². The van der Waals surface area contributed by atoms with Crippen LogP contribution in [0.2, 0.25) is 5.02 Å². The fourth-order valence-corrected chi connectivity index (χ4v) is 4.73. The zero-order chi connectivity index (χ0) is 26.2. The molecule has 0 saturated carbocycles. The monoisotopic (exact) mass is 522 g/mol. The number of anilines is 1. The lowest BCUT2D eigenvalue weighted by atomic mass is 10.1. The number of nitrogens with one attached hydrogen (secondary N) is 1. The van der Waals surface area contributed by atoms with E-state index in [2.05, 4.69) is 5.32 Å². The molecule has 0 aliphatic carbocycles. The fraction of sp³-hybridized carbons (Fsp3) is 0.440. The van der Waals surface area contributed by atoms with Crippen LogP contribution in [0.5, 0.6) is 0 Å². The Kier molecular flexibility index (Phi) is 10.5. The molecule has 0 aromatic heterocycles. The second-order valence-corrected chi connectivity index (χ2v) is 11.0. The summed E-state index contributed by atoms with van der Waals surface area (Å²) in [6.07, 6.45) is 1.09. The molecule has 0 unspecified atom stereocenters. The SMILES string of the molecule is CC[C@H](C(=O)N[C@@H](C)CC)N(Cc1ccccc1Cl)C(=O)CN(c1ccccc1)S(=O)(=O)N(C)C. The highest BCUT2D eigenvalue weighted by Gasteiger charge is 2.34. The van der Waals surface area contributed by atoms with Gasteiger partial charge in [0.05, 0.1) is 5.69 Å². The van der Waals surface area contributed by atoms with Gasteiger partial charge in [-0.15, -0.1) is 0 Å². The Hall–Kier alpha value is -2.62. The van der Waals surface area contributed by atoms with Crippen LogP contribution < -0.4 is 9.62 Å². The highest BCUT2D eigenvalue weighted by atomic mass is 35.5. The van der Waals surface area contributed by atoms with Crippen LogP contribution in [0, 0.1) is 0 Å². The topological polar surface area (TPSA) is 90.0 Å². The third-order valence-corrected chi connectivity index (χ3v) is 7.94. The fourth-order valence-electron chi connectivity index (χ4n) is 3.48. The number of hydrogen-bond acceptors (Lipinski definition) is 4. The van der Waals surface area contributed by atoms with E-state index < -0.39 is 28.7 Å². The molecule has 0 aliphatic heterocycles. The molecule has 0 aliphatic rings. The molecule has 2 aromatic rings. The molecular formula is C25H35ClN4O4S. The lowest BCUT2D eigenvalue weighted by Gasteiger charge is -2.34. The Morgan fingerprint density at radius 1 is 0.971 bits per heavy atom. The summed E-state index contributed by atoms with van der Waals surface area (Å²) in [7, 11) is -1.17. The van der Waals surface area contributed by atoms with Crippen molar-refractivity contribution in [2.24, 2.45) is 0 Å². The van der Waals surface area contributed by atoms with E-state index in [0.717, 1.165) is 15.0 Å². The molecule has 0 saturated heterocycles. The molecule has 0 bridgehead atoms. The van der Waals surface area contributed by atoms with Crippen LogP contribution in [-0.2, 0) is 26.3 Å². The van der Waals surface area contributed by atoms with E-state index in [9.17, 15) is 18.0 Å². The van der Waals surface area contributed by atoms with Crippen molar-refractivity contribution in [3.8, 4) is 0 Å². The van der Waals surface area contributed by atoms with Gasteiger partial charge in [-0.05, 0) is 43.5 Å². The van der Waals surface area contributed by atoms with Crippen LogP contribution in [0.15, 0.2) is 54.6 Å². The van der Waals surface area contributed by atoms with Crippen molar-refractivity contribution in [3.63, 3.8) is 0 Å². The first kappa shape index (κ1) is 28.6. The number of nitrogens with zero attached hydrogens (tertiary/aromatic N) is 3. The maximum Gasteiger partial charge on any atom is 0.304 e. The van der Waals surface area contributed by atoms with Crippen LogP contribution in [-0.4, -0.2) is 62.2 Å². The summed E-state index contributed by atoms with van der Waals surface area (Å²) in [5.41, 5.74) is 1.02. The van der Waals surface area contributed by atoms with Gasteiger partial charge >= 0.3 is 10.2 Å². The predicted molar refractivity (Wildman–Crippen MR) is 140 cm³/mol. The quantitative estimate of drug-likeness (QED) is 0.460. The minimum absolute atomic E-state index is 0.0651. The lowest BCUT2D eigenvalue weighted by molar-refractivity contribution is -0.140. The van der Waals surface area contributed by atoms with Crippen LogP contribution >= 0.6 is 11.6 Å². The summed E-state index contributed by atoms with van der Waals surface area (Å²) in [5.74, 6) is -0.797. The van der Waals surface area contributed by atoms with E-state index in [1.54, 1.807) is 54.6 Å². The van der Waals surface area contributed by atoms with Crippen molar-refractivity contribution < 1.29 is 18.0 Å². The van der Waals surface area contributed by atoms with E-state index in [-0.39, 0.29) is 18.5 Å². The Labute approximate surface area is 214 Å². The van der Waals surface area contributed by atoms with Crippen LogP contribution in [0.4, 0.5) is 5.69 Å². The number of carbonyl (C=O) groups is 2. The third-order valence-electron chi connectivity index (χ3n) is 5.75. The van der Waals surface area contributed by atoms with Crippen molar-refractivity contribution in [3.05, 3.63) is 65.2 Å². The summed E-state index contributed by atoms with van der Waals surface area (Å²) in [4.78, 5) is 28.3. The number of amides is 2. The van der Waals surface area contributed by atoms with Gasteiger partial charge < -0.3 is 10.2 Å². The zero-order valence-corrected chi connectivity index (χ0v) is 22.5. The summed E-state index contributed by atoms with van der Waals surface area (Å²) < 4.78 is 28.4. The molecule has 0 fully saturated rings.